The first-order valence-electron chi connectivity index (χ1n) is 10.7. The van der Waals surface area contributed by atoms with E-state index in [0.717, 1.165) is 31.2 Å². The molecule has 2 aromatic rings. The molecule has 1 saturated carbocycles. The molecule has 0 spiro atoms. The van der Waals surface area contributed by atoms with Gasteiger partial charge in [-0.1, -0.05) is 35.5 Å². The van der Waals surface area contributed by atoms with Crippen LogP contribution in [0.4, 0.5) is 0 Å². The van der Waals surface area contributed by atoms with Crippen LogP contribution in [0.1, 0.15) is 38.0 Å². The molecule has 1 saturated heterocycles. The molecule has 2 heterocycles. The van der Waals surface area contributed by atoms with Gasteiger partial charge in [-0.25, -0.2) is 0 Å². The van der Waals surface area contributed by atoms with E-state index < -0.39 is 0 Å². The minimum atomic E-state index is -0.0831. The fraction of sp³-hybridized carbons (Fsp3) is 0.545. The number of carbonyl (C=O) groups is 2. The minimum Gasteiger partial charge on any atom is -0.381 e. The lowest BCUT2D eigenvalue weighted by Crippen LogP contribution is -2.47. The molecule has 30 heavy (non-hydrogen) atoms. The van der Waals surface area contributed by atoms with Crippen LogP contribution in [-0.4, -0.2) is 59.2 Å². The molecule has 160 valence electrons. The summed E-state index contributed by atoms with van der Waals surface area (Å²) in [6.07, 6.45) is 4.36. The first kappa shape index (κ1) is 20.5. The zero-order valence-electron chi connectivity index (χ0n) is 17.1. The van der Waals surface area contributed by atoms with Gasteiger partial charge in [0.15, 0.2) is 0 Å². The Morgan fingerprint density at radius 1 is 1.10 bits per heavy atom. The normalized spacial score (nSPS) is 16.9. The molecule has 2 amide bonds. The quantitative estimate of drug-likeness (QED) is 0.678. The van der Waals surface area contributed by atoms with E-state index in [1.54, 1.807) is 0 Å². The first-order chi connectivity index (χ1) is 14.7. The molecule has 0 bridgehead atoms. The number of nitrogens with zero attached hydrogens (tertiary/aromatic N) is 3. The molecule has 1 N–H and O–H groups in total. The van der Waals surface area contributed by atoms with E-state index in [9.17, 15) is 9.59 Å². The standard InChI is InChI=1S/C22H28N4O4/c27-19(8-9-20-24-21(25-30-20)16-4-2-1-3-5-16)23-12-13-26(22(28)17-6-7-17)18-10-14-29-15-11-18/h1-5,17-18H,6-15H2,(H,23,27). The number of aromatic nitrogens is 2. The zero-order valence-corrected chi connectivity index (χ0v) is 17.1. The van der Waals surface area contributed by atoms with Gasteiger partial charge >= 0.3 is 0 Å². The number of benzene rings is 1. The molecular weight excluding hydrogens is 384 g/mol. The molecule has 0 unspecified atom stereocenters. The predicted octanol–water partition coefficient (Wildman–Crippen LogP) is 2.20. The van der Waals surface area contributed by atoms with Crippen molar-refractivity contribution in [2.75, 3.05) is 26.3 Å². The summed E-state index contributed by atoms with van der Waals surface area (Å²) in [4.78, 5) is 31.2. The van der Waals surface area contributed by atoms with Crippen LogP contribution in [-0.2, 0) is 20.7 Å². The van der Waals surface area contributed by atoms with Gasteiger partial charge < -0.3 is 19.5 Å². The van der Waals surface area contributed by atoms with Crippen molar-refractivity contribution in [3.05, 3.63) is 36.2 Å². The van der Waals surface area contributed by atoms with Gasteiger partial charge in [-0.05, 0) is 25.7 Å². The summed E-state index contributed by atoms with van der Waals surface area (Å²) in [5, 5.41) is 6.89. The Bertz CT molecular complexity index is 844. The van der Waals surface area contributed by atoms with E-state index in [1.807, 2.05) is 35.2 Å². The van der Waals surface area contributed by atoms with Crippen molar-refractivity contribution < 1.29 is 18.8 Å². The maximum absolute atomic E-state index is 12.7. The third-order valence-electron chi connectivity index (χ3n) is 5.58. The van der Waals surface area contributed by atoms with Crippen molar-refractivity contribution in [2.45, 2.75) is 44.6 Å². The largest absolute Gasteiger partial charge is 0.381 e. The molecule has 8 heteroatoms. The summed E-state index contributed by atoms with van der Waals surface area (Å²) < 4.78 is 10.7. The number of amides is 2. The van der Waals surface area contributed by atoms with Gasteiger partial charge in [0.05, 0.1) is 0 Å². The van der Waals surface area contributed by atoms with Crippen LogP contribution in [0.5, 0.6) is 0 Å². The summed E-state index contributed by atoms with van der Waals surface area (Å²) >= 11 is 0. The molecule has 0 atom stereocenters. The lowest BCUT2D eigenvalue weighted by Gasteiger charge is -2.34. The number of hydrogen-bond donors (Lipinski definition) is 1. The van der Waals surface area contributed by atoms with Gasteiger partial charge in [-0.15, -0.1) is 0 Å². The molecule has 0 radical (unpaired) electrons. The number of aryl methyl sites for hydroxylation is 1. The summed E-state index contributed by atoms with van der Waals surface area (Å²) in [7, 11) is 0. The average molecular weight is 412 g/mol. The van der Waals surface area contributed by atoms with Crippen LogP contribution in [0.2, 0.25) is 0 Å². The number of carbonyl (C=O) groups excluding carboxylic acids is 2. The Hall–Kier alpha value is -2.74. The molecule has 2 aliphatic rings. The molecule has 4 rings (SSSR count). The highest BCUT2D eigenvalue weighted by atomic mass is 16.5. The molecular formula is C22H28N4O4. The number of rotatable bonds is 9. The highest BCUT2D eigenvalue weighted by Gasteiger charge is 2.36. The smallest absolute Gasteiger partial charge is 0.227 e. The predicted molar refractivity (Wildman–Crippen MR) is 109 cm³/mol. The van der Waals surface area contributed by atoms with Crippen molar-refractivity contribution in [2.24, 2.45) is 5.92 Å². The van der Waals surface area contributed by atoms with E-state index >= 15 is 0 Å². The van der Waals surface area contributed by atoms with E-state index in [2.05, 4.69) is 15.5 Å². The van der Waals surface area contributed by atoms with Crippen LogP contribution in [0, 0.1) is 5.92 Å². The fourth-order valence-corrected chi connectivity index (χ4v) is 3.72. The second-order valence-corrected chi connectivity index (χ2v) is 7.88. The second kappa shape index (κ2) is 9.84. The molecule has 8 nitrogen and oxygen atoms in total. The van der Waals surface area contributed by atoms with E-state index in [4.69, 9.17) is 9.26 Å². The van der Waals surface area contributed by atoms with Crippen LogP contribution in [0.15, 0.2) is 34.9 Å². The Morgan fingerprint density at radius 2 is 1.87 bits per heavy atom. The van der Waals surface area contributed by atoms with Gasteiger partial charge in [0.2, 0.25) is 23.5 Å². The van der Waals surface area contributed by atoms with Crippen LogP contribution < -0.4 is 5.32 Å². The van der Waals surface area contributed by atoms with Crippen molar-refractivity contribution in [1.29, 1.82) is 0 Å². The Labute approximate surface area is 176 Å². The third kappa shape index (κ3) is 5.44. The van der Waals surface area contributed by atoms with Crippen LogP contribution in [0.3, 0.4) is 0 Å². The Kier molecular flexibility index (Phi) is 6.74. The van der Waals surface area contributed by atoms with Gasteiger partial charge in [-0.3, -0.25) is 9.59 Å². The van der Waals surface area contributed by atoms with E-state index in [-0.39, 0.29) is 30.2 Å². The molecule has 1 aliphatic heterocycles. The Balaban J connectivity index is 1.22. The summed E-state index contributed by atoms with van der Waals surface area (Å²) in [6, 6.07) is 9.80. The molecule has 2 fully saturated rings. The fourth-order valence-electron chi connectivity index (χ4n) is 3.72. The van der Waals surface area contributed by atoms with Gasteiger partial charge in [-0.2, -0.15) is 4.98 Å². The first-order valence-corrected chi connectivity index (χ1v) is 10.7. The van der Waals surface area contributed by atoms with Crippen LogP contribution >= 0.6 is 0 Å². The minimum absolute atomic E-state index is 0.0831. The second-order valence-electron chi connectivity index (χ2n) is 7.88. The summed E-state index contributed by atoms with van der Waals surface area (Å²) in [5.74, 6) is 1.30. The third-order valence-corrected chi connectivity index (χ3v) is 5.58. The topological polar surface area (TPSA) is 97.6 Å². The number of nitrogens with one attached hydrogen (secondary N) is 1. The average Bonchev–Trinajstić information content (AvgIpc) is 3.54. The summed E-state index contributed by atoms with van der Waals surface area (Å²) in [5.41, 5.74) is 0.880. The van der Waals surface area contributed by atoms with Crippen molar-refractivity contribution in [1.82, 2.24) is 20.4 Å². The SMILES string of the molecule is O=C(CCc1nc(-c2ccccc2)no1)NCCN(C(=O)C1CC1)C1CCOCC1. The van der Waals surface area contributed by atoms with Crippen molar-refractivity contribution in [3.8, 4) is 11.4 Å². The van der Waals surface area contributed by atoms with E-state index in [1.165, 1.54) is 0 Å². The van der Waals surface area contributed by atoms with E-state index in [0.29, 0.717) is 44.4 Å². The highest BCUT2D eigenvalue weighted by Crippen LogP contribution is 2.32. The van der Waals surface area contributed by atoms with Gasteiger partial charge in [0.25, 0.3) is 0 Å². The van der Waals surface area contributed by atoms with Crippen LogP contribution in [0.25, 0.3) is 11.4 Å². The monoisotopic (exact) mass is 412 g/mol. The van der Waals surface area contributed by atoms with Gasteiger partial charge in [0, 0.05) is 56.7 Å². The maximum Gasteiger partial charge on any atom is 0.227 e. The number of hydrogen-bond acceptors (Lipinski definition) is 6. The molecule has 1 aromatic heterocycles. The highest BCUT2D eigenvalue weighted by molar-refractivity contribution is 5.81. The lowest BCUT2D eigenvalue weighted by atomic mass is 10.1. The van der Waals surface area contributed by atoms with Crippen molar-refractivity contribution in [3.63, 3.8) is 0 Å². The maximum atomic E-state index is 12.7. The summed E-state index contributed by atoms with van der Waals surface area (Å²) in [6.45, 7) is 2.39. The molecule has 1 aliphatic carbocycles. The van der Waals surface area contributed by atoms with Gasteiger partial charge in [0.1, 0.15) is 0 Å². The number of ether oxygens (including phenoxy) is 1. The Morgan fingerprint density at radius 3 is 2.60 bits per heavy atom. The lowest BCUT2D eigenvalue weighted by molar-refractivity contribution is -0.137. The zero-order chi connectivity index (χ0) is 20.8. The van der Waals surface area contributed by atoms with Crippen molar-refractivity contribution >= 4 is 11.8 Å². The molecule has 1 aromatic carbocycles.